The predicted molar refractivity (Wildman–Crippen MR) is 77.2 cm³/mol. The topological polar surface area (TPSA) is 66.9 Å². The van der Waals surface area contributed by atoms with E-state index in [-0.39, 0.29) is 5.91 Å². The summed E-state index contributed by atoms with van der Waals surface area (Å²) in [5, 5.41) is 13.8. The zero-order valence-electron chi connectivity index (χ0n) is 12.1. The van der Waals surface area contributed by atoms with Crippen molar-refractivity contribution >= 4 is 11.7 Å². The van der Waals surface area contributed by atoms with Gasteiger partial charge in [0.1, 0.15) is 5.82 Å². The number of hydrogen-bond acceptors (Lipinski definition) is 4. The molecule has 0 spiro atoms. The van der Waals surface area contributed by atoms with Crippen LogP contribution >= 0.6 is 0 Å². The molecule has 5 nitrogen and oxygen atoms in total. The van der Waals surface area contributed by atoms with Gasteiger partial charge in [-0.25, -0.2) is 0 Å². The summed E-state index contributed by atoms with van der Waals surface area (Å²) in [7, 11) is 0. The maximum Gasteiger partial charge on any atom is 0.271 e. The van der Waals surface area contributed by atoms with Crippen LogP contribution in [0.1, 0.15) is 50.5 Å². The summed E-state index contributed by atoms with van der Waals surface area (Å²) in [6.07, 6.45) is 3.59. The van der Waals surface area contributed by atoms with Gasteiger partial charge < -0.3 is 10.6 Å². The summed E-state index contributed by atoms with van der Waals surface area (Å²) in [5.41, 5.74) is 0.354. The van der Waals surface area contributed by atoms with Crippen LogP contribution in [0, 0.1) is 5.92 Å². The third kappa shape index (κ3) is 6.18. The first-order chi connectivity index (χ1) is 9.13. The molecule has 0 unspecified atom stereocenters. The van der Waals surface area contributed by atoms with Crippen molar-refractivity contribution < 1.29 is 4.79 Å². The summed E-state index contributed by atoms with van der Waals surface area (Å²) in [6, 6.07) is 3.48. The minimum absolute atomic E-state index is 0.182. The lowest BCUT2D eigenvalue weighted by Gasteiger charge is -2.07. The number of nitrogens with one attached hydrogen (secondary N) is 2. The zero-order chi connectivity index (χ0) is 14.1. The third-order valence-electron chi connectivity index (χ3n) is 2.75. The van der Waals surface area contributed by atoms with Gasteiger partial charge in [0.05, 0.1) is 0 Å². The Balaban J connectivity index is 2.30. The molecule has 5 heteroatoms. The van der Waals surface area contributed by atoms with Gasteiger partial charge in [-0.15, -0.1) is 10.2 Å². The van der Waals surface area contributed by atoms with Gasteiger partial charge in [0, 0.05) is 13.1 Å². The summed E-state index contributed by atoms with van der Waals surface area (Å²) >= 11 is 0. The molecule has 0 aliphatic rings. The Morgan fingerprint density at radius 2 is 2.05 bits per heavy atom. The molecule has 0 fully saturated rings. The largest absolute Gasteiger partial charge is 0.369 e. The van der Waals surface area contributed by atoms with Gasteiger partial charge in [0.2, 0.25) is 0 Å². The summed E-state index contributed by atoms with van der Waals surface area (Å²) < 4.78 is 0. The normalized spacial score (nSPS) is 10.5. The first-order valence-electron chi connectivity index (χ1n) is 6.99. The van der Waals surface area contributed by atoms with Crippen molar-refractivity contribution in [3.8, 4) is 0 Å². The van der Waals surface area contributed by atoms with Crippen LogP contribution in [0.15, 0.2) is 12.1 Å². The lowest BCUT2D eigenvalue weighted by Crippen LogP contribution is -2.24. The lowest BCUT2D eigenvalue weighted by atomic mass is 10.1. The molecule has 0 atom stereocenters. The van der Waals surface area contributed by atoms with E-state index in [1.165, 1.54) is 12.8 Å². The van der Waals surface area contributed by atoms with E-state index in [4.69, 9.17) is 0 Å². The molecule has 106 valence electrons. The molecule has 2 N–H and O–H groups in total. The maximum atomic E-state index is 11.5. The fraction of sp³-hybridized carbons (Fsp3) is 0.643. The highest BCUT2D eigenvalue weighted by atomic mass is 16.1. The number of amides is 1. The van der Waals surface area contributed by atoms with Crippen LogP contribution in [-0.4, -0.2) is 29.2 Å². The molecule has 1 heterocycles. The van der Waals surface area contributed by atoms with Gasteiger partial charge in [0.25, 0.3) is 5.91 Å². The number of aromatic nitrogens is 2. The number of anilines is 1. The quantitative estimate of drug-likeness (QED) is 0.708. The van der Waals surface area contributed by atoms with Crippen molar-refractivity contribution in [2.45, 2.75) is 40.0 Å². The van der Waals surface area contributed by atoms with Crippen molar-refractivity contribution in [1.29, 1.82) is 0 Å². The molecular formula is C14H24N4O. The molecule has 1 amide bonds. The van der Waals surface area contributed by atoms with Gasteiger partial charge in [0.15, 0.2) is 5.69 Å². The van der Waals surface area contributed by atoms with Crippen LogP contribution < -0.4 is 10.6 Å². The lowest BCUT2D eigenvalue weighted by molar-refractivity contribution is 0.0950. The summed E-state index contributed by atoms with van der Waals surface area (Å²) in [4.78, 5) is 11.5. The summed E-state index contributed by atoms with van der Waals surface area (Å²) in [5.74, 6) is 1.30. The van der Waals surface area contributed by atoms with Gasteiger partial charge in [-0.2, -0.15) is 0 Å². The Morgan fingerprint density at radius 1 is 1.26 bits per heavy atom. The standard InChI is InChI=1S/C14H24N4O/c1-4-15-14(19)12-8-9-13(18-17-12)16-10-6-5-7-11(2)3/h8-9,11H,4-7,10H2,1-3H3,(H,15,19)(H,16,18). The Bertz CT molecular complexity index is 376. The van der Waals surface area contributed by atoms with Crippen molar-refractivity contribution in [2.24, 2.45) is 5.92 Å². The molecule has 19 heavy (non-hydrogen) atoms. The van der Waals surface area contributed by atoms with Crippen LogP contribution in [0.25, 0.3) is 0 Å². The average molecular weight is 264 g/mol. The number of carbonyl (C=O) groups excluding carboxylic acids is 1. The second kappa shape index (κ2) is 8.45. The molecule has 0 radical (unpaired) electrons. The number of carbonyl (C=O) groups is 1. The van der Waals surface area contributed by atoms with Crippen molar-refractivity contribution in [3.05, 3.63) is 17.8 Å². The van der Waals surface area contributed by atoms with E-state index in [2.05, 4.69) is 34.7 Å². The first-order valence-corrected chi connectivity index (χ1v) is 6.99. The fourth-order valence-electron chi connectivity index (χ4n) is 1.69. The molecule has 0 aliphatic carbocycles. The fourth-order valence-corrected chi connectivity index (χ4v) is 1.69. The highest BCUT2D eigenvalue weighted by molar-refractivity contribution is 5.92. The van der Waals surface area contributed by atoms with Gasteiger partial charge in [-0.05, 0) is 31.4 Å². The third-order valence-corrected chi connectivity index (χ3v) is 2.75. The van der Waals surface area contributed by atoms with Crippen LogP contribution in [0.4, 0.5) is 5.82 Å². The van der Waals surface area contributed by atoms with Gasteiger partial charge >= 0.3 is 0 Å². The summed E-state index contributed by atoms with van der Waals surface area (Å²) in [6.45, 7) is 7.83. The molecule has 0 saturated heterocycles. The molecule has 0 aliphatic heterocycles. The van der Waals surface area contributed by atoms with E-state index in [1.54, 1.807) is 12.1 Å². The van der Waals surface area contributed by atoms with Crippen molar-refractivity contribution in [3.63, 3.8) is 0 Å². The Labute approximate surface area is 115 Å². The van der Waals surface area contributed by atoms with E-state index < -0.39 is 0 Å². The molecule has 0 saturated carbocycles. The van der Waals surface area contributed by atoms with Gasteiger partial charge in [-0.3, -0.25) is 4.79 Å². The van der Waals surface area contributed by atoms with E-state index >= 15 is 0 Å². The van der Waals surface area contributed by atoms with E-state index in [9.17, 15) is 4.79 Å². The molecule has 1 aromatic heterocycles. The number of rotatable bonds is 8. The van der Waals surface area contributed by atoms with E-state index in [1.807, 2.05) is 6.92 Å². The second-order valence-electron chi connectivity index (χ2n) is 4.98. The Morgan fingerprint density at radius 3 is 2.63 bits per heavy atom. The SMILES string of the molecule is CCNC(=O)c1ccc(NCCCCC(C)C)nn1. The highest BCUT2D eigenvalue weighted by Gasteiger charge is 2.06. The second-order valence-corrected chi connectivity index (χ2v) is 4.98. The number of hydrogen-bond donors (Lipinski definition) is 2. The molecule has 0 aromatic carbocycles. The van der Waals surface area contributed by atoms with Crippen LogP contribution in [0.5, 0.6) is 0 Å². The van der Waals surface area contributed by atoms with Gasteiger partial charge in [-0.1, -0.05) is 26.7 Å². The molecule has 1 rings (SSSR count). The molecule has 0 bridgehead atoms. The van der Waals surface area contributed by atoms with E-state index in [0.717, 1.165) is 24.7 Å². The molecular weight excluding hydrogens is 240 g/mol. The predicted octanol–water partition coefficient (Wildman–Crippen LogP) is 2.46. The first kappa shape index (κ1) is 15.4. The van der Waals surface area contributed by atoms with Crippen LogP contribution in [0.2, 0.25) is 0 Å². The van der Waals surface area contributed by atoms with Crippen molar-refractivity contribution in [1.82, 2.24) is 15.5 Å². The number of unbranched alkanes of at least 4 members (excludes halogenated alkanes) is 1. The number of nitrogens with zero attached hydrogens (tertiary/aromatic N) is 2. The van der Waals surface area contributed by atoms with Crippen LogP contribution in [-0.2, 0) is 0 Å². The Kier molecular flexibility index (Phi) is 6.85. The highest BCUT2D eigenvalue weighted by Crippen LogP contribution is 2.07. The van der Waals surface area contributed by atoms with Crippen LogP contribution in [0.3, 0.4) is 0 Å². The average Bonchev–Trinajstić information content (AvgIpc) is 2.39. The zero-order valence-corrected chi connectivity index (χ0v) is 12.1. The van der Waals surface area contributed by atoms with E-state index in [0.29, 0.717) is 12.2 Å². The monoisotopic (exact) mass is 264 g/mol. The minimum Gasteiger partial charge on any atom is -0.369 e. The maximum absolute atomic E-state index is 11.5. The molecule has 1 aromatic rings. The Hall–Kier alpha value is -1.65. The smallest absolute Gasteiger partial charge is 0.271 e. The minimum atomic E-state index is -0.182. The van der Waals surface area contributed by atoms with Crippen molar-refractivity contribution in [2.75, 3.05) is 18.4 Å².